The van der Waals surface area contributed by atoms with E-state index in [9.17, 15) is 37.1 Å². The van der Waals surface area contributed by atoms with E-state index in [0.717, 1.165) is 3.57 Å². The molecule has 0 amide bonds. The molecule has 0 fully saturated rings. The largest absolute Gasteiger partial charge is 0.545 e. The van der Waals surface area contributed by atoms with Crippen LogP contribution in [0.2, 0.25) is 0 Å². The van der Waals surface area contributed by atoms with Gasteiger partial charge in [0, 0.05) is 3.57 Å². The number of hydrogen-bond donors (Lipinski definition) is 0. The van der Waals surface area contributed by atoms with Crippen molar-refractivity contribution in [1.29, 1.82) is 0 Å². The topological polar surface area (TPSA) is 92.7 Å². The zero-order valence-electron chi connectivity index (χ0n) is 12.7. The Labute approximate surface area is 194 Å². The number of benzene rings is 2. The molecular formula is C15H2F4I3O6-. The minimum absolute atomic E-state index is 0.0471. The maximum Gasteiger partial charge on any atom is 0.423 e. The van der Waals surface area contributed by atoms with Crippen molar-refractivity contribution in [1.82, 2.24) is 0 Å². The first-order valence-electron chi connectivity index (χ1n) is 6.61. The predicted molar refractivity (Wildman–Crippen MR) is 106 cm³/mol. The van der Waals surface area contributed by atoms with E-state index in [1.807, 2.05) is 22.6 Å². The van der Waals surface area contributed by atoms with Gasteiger partial charge in [-0.05, 0) is 79.9 Å². The van der Waals surface area contributed by atoms with Crippen molar-refractivity contribution in [3.05, 3.63) is 51.7 Å². The molecule has 0 saturated heterocycles. The molecule has 0 unspecified atom stereocenters. The van der Waals surface area contributed by atoms with E-state index in [2.05, 4.69) is 4.74 Å². The van der Waals surface area contributed by atoms with Gasteiger partial charge >= 0.3 is 11.9 Å². The lowest BCUT2D eigenvalue weighted by Gasteiger charge is -2.12. The fraction of sp³-hybridized carbons (Fsp3) is 0. The molecule has 0 atom stereocenters. The maximum atomic E-state index is 13.8. The summed E-state index contributed by atoms with van der Waals surface area (Å²) < 4.78 is 65.2. The first kappa shape index (κ1) is 23.0. The van der Waals surface area contributed by atoms with Crippen molar-refractivity contribution in [2.45, 2.75) is 0 Å². The molecule has 148 valence electrons. The van der Waals surface area contributed by atoms with Gasteiger partial charge in [-0.3, -0.25) is 0 Å². The summed E-state index contributed by atoms with van der Waals surface area (Å²) in [5.74, 6) is -17.6. The Hall–Kier alpha value is -1.24. The normalized spacial score (nSPS) is 10.5. The molecule has 0 aliphatic heterocycles. The average molecular weight is 735 g/mol. The van der Waals surface area contributed by atoms with E-state index in [0.29, 0.717) is 7.14 Å². The molecule has 6 nitrogen and oxygen atoms in total. The molecule has 0 N–H and O–H groups in total. The number of carbonyl (C=O) groups is 3. The highest BCUT2D eigenvalue weighted by Crippen LogP contribution is 2.31. The van der Waals surface area contributed by atoms with E-state index in [1.165, 1.54) is 0 Å². The molecule has 13 heteroatoms. The Morgan fingerprint density at radius 3 is 1.54 bits per heavy atom. The highest BCUT2D eigenvalue weighted by molar-refractivity contribution is 14.1. The van der Waals surface area contributed by atoms with Crippen LogP contribution in [0, 0.1) is 34.0 Å². The number of rotatable bonds is 3. The van der Waals surface area contributed by atoms with E-state index in [-0.39, 0.29) is 5.75 Å². The lowest BCUT2D eigenvalue weighted by Crippen LogP contribution is -2.29. The Morgan fingerprint density at radius 1 is 0.750 bits per heavy atom. The van der Waals surface area contributed by atoms with Crippen LogP contribution in [0.3, 0.4) is 0 Å². The molecular weight excluding hydrogens is 733 g/mol. The van der Waals surface area contributed by atoms with Gasteiger partial charge in [0.25, 0.3) is 0 Å². The molecule has 0 aromatic heterocycles. The Morgan fingerprint density at radius 2 is 1.14 bits per heavy atom. The molecule has 0 radical (unpaired) electrons. The number of carboxylic acids is 1. The number of aromatic carboxylic acids is 1. The van der Waals surface area contributed by atoms with Gasteiger partial charge in [0.05, 0.1) is 18.7 Å². The fourth-order valence-electron chi connectivity index (χ4n) is 1.78. The van der Waals surface area contributed by atoms with Gasteiger partial charge in [0.1, 0.15) is 0 Å². The SMILES string of the molecule is O=C(Oc1c(I)cc(I)cc1I)C(=O)Oc1c(F)c(F)c(C(=O)[O-])c(F)c1F. The minimum atomic E-state index is -2.53. The van der Waals surface area contributed by atoms with Crippen molar-refractivity contribution in [3.63, 3.8) is 0 Å². The van der Waals surface area contributed by atoms with Crippen molar-refractivity contribution >= 4 is 85.7 Å². The lowest BCUT2D eigenvalue weighted by atomic mass is 10.1. The van der Waals surface area contributed by atoms with Gasteiger partial charge in [-0.1, -0.05) is 0 Å². The minimum Gasteiger partial charge on any atom is -0.545 e. The first-order valence-corrected chi connectivity index (χ1v) is 9.85. The van der Waals surface area contributed by atoms with Crippen molar-refractivity contribution < 1.29 is 46.5 Å². The zero-order chi connectivity index (χ0) is 21.3. The number of esters is 2. The summed E-state index contributed by atoms with van der Waals surface area (Å²) in [6.07, 6.45) is 0. The summed E-state index contributed by atoms with van der Waals surface area (Å²) in [5.41, 5.74) is -2.03. The van der Waals surface area contributed by atoms with Crippen molar-refractivity contribution in [2.24, 2.45) is 0 Å². The van der Waals surface area contributed by atoms with Crippen LogP contribution in [0.25, 0.3) is 0 Å². The van der Waals surface area contributed by atoms with Crippen LogP contribution in [-0.2, 0) is 9.59 Å². The van der Waals surface area contributed by atoms with E-state index < -0.39 is 52.5 Å². The fourth-order valence-corrected chi connectivity index (χ4v) is 5.58. The second-order valence-corrected chi connectivity index (χ2v) is 8.30. The van der Waals surface area contributed by atoms with Gasteiger partial charge in [0.15, 0.2) is 17.4 Å². The van der Waals surface area contributed by atoms with Crippen LogP contribution in [0.15, 0.2) is 12.1 Å². The second-order valence-electron chi connectivity index (χ2n) is 4.73. The number of halogens is 7. The summed E-state index contributed by atoms with van der Waals surface area (Å²) in [5, 5.41) is 10.6. The molecule has 0 saturated carbocycles. The third-order valence-corrected chi connectivity index (χ3v) is 5.17. The van der Waals surface area contributed by atoms with Gasteiger partial charge < -0.3 is 19.4 Å². The van der Waals surface area contributed by atoms with Gasteiger partial charge in [-0.25, -0.2) is 18.4 Å². The van der Waals surface area contributed by atoms with Crippen LogP contribution in [0.5, 0.6) is 11.5 Å². The molecule has 2 rings (SSSR count). The molecule has 0 spiro atoms. The van der Waals surface area contributed by atoms with E-state index in [4.69, 9.17) is 4.74 Å². The summed E-state index contributed by atoms with van der Waals surface area (Å²) in [6, 6.07) is 3.19. The lowest BCUT2D eigenvalue weighted by molar-refractivity contribution is -0.255. The highest BCUT2D eigenvalue weighted by atomic mass is 127. The summed E-state index contributed by atoms with van der Waals surface area (Å²) in [7, 11) is 0. The number of hydrogen-bond acceptors (Lipinski definition) is 6. The number of carboxylic acid groups (broad SMARTS) is 1. The smallest absolute Gasteiger partial charge is 0.423 e. The molecule has 0 aliphatic rings. The van der Waals surface area contributed by atoms with Crippen LogP contribution < -0.4 is 14.6 Å². The van der Waals surface area contributed by atoms with Gasteiger partial charge in [0.2, 0.25) is 17.4 Å². The second kappa shape index (κ2) is 9.06. The highest BCUT2D eigenvalue weighted by Gasteiger charge is 2.31. The summed E-state index contributed by atoms with van der Waals surface area (Å²) in [4.78, 5) is 34.1. The monoisotopic (exact) mass is 735 g/mol. The third kappa shape index (κ3) is 4.66. The van der Waals surface area contributed by atoms with Crippen molar-refractivity contribution in [3.8, 4) is 11.5 Å². The van der Waals surface area contributed by atoms with Crippen LogP contribution in [0.1, 0.15) is 10.4 Å². The van der Waals surface area contributed by atoms with Gasteiger partial charge in [-0.15, -0.1) is 0 Å². The maximum absolute atomic E-state index is 13.8. The van der Waals surface area contributed by atoms with E-state index in [1.54, 1.807) is 57.3 Å². The average Bonchev–Trinajstić information content (AvgIpc) is 2.59. The van der Waals surface area contributed by atoms with E-state index >= 15 is 0 Å². The van der Waals surface area contributed by atoms with Crippen LogP contribution >= 0.6 is 67.8 Å². The standard InChI is InChI=1S/C15H3F4I3O6/c16-7-6(13(23)24)8(17)10(19)12(9(7)18)28-15(26)14(25)27-11-4(21)1-3(20)2-5(11)22/h1-2H,(H,23,24)/p-1. The number of carbonyl (C=O) groups excluding carboxylic acids is 3. The molecule has 2 aromatic rings. The Kier molecular flexibility index (Phi) is 7.45. The molecule has 0 aliphatic carbocycles. The Bertz CT molecular complexity index is 975. The van der Waals surface area contributed by atoms with Crippen molar-refractivity contribution in [2.75, 3.05) is 0 Å². The Balaban J connectivity index is 2.33. The predicted octanol–water partition coefficient (Wildman–Crippen LogP) is 2.93. The molecule has 2 aromatic carbocycles. The number of ether oxygens (including phenoxy) is 2. The quantitative estimate of drug-likeness (QED) is 0.120. The third-order valence-electron chi connectivity index (χ3n) is 2.95. The zero-order valence-corrected chi connectivity index (χ0v) is 19.2. The molecule has 0 bridgehead atoms. The summed E-state index contributed by atoms with van der Waals surface area (Å²) in [6.45, 7) is 0. The van der Waals surface area contributed by atoms with Gasteiger partial charge in [-0.2, -0.15) is 8.78 Å². The summed E-state index contributed by atoms with van der Waals surface area (Å²) >= 11 is 5.59. The van der Waals surface area contributed by atoms with Crippen LogP contribution in [0.4, 0.5) is 17.6 Å². The van der Waals surface area contributed by atoms with Crippen LogP contribution in [-0.4, -0.2) is 17.9 Å². The first-order chi connectivity index (χ1) is 13.0. The molecule has 28 heavy (non-hydrogen) atoms. The molecule has 0 heterocycles.